The van der Waals surface area contributed by atoms with Crippen molar-refractivity contribution in [2.75, 3.05) is 0 Å². The van der Waals surface area contributed by atoms with E-state index in [1.54, 1.807) is 0 Å². The Hall–Kier alpha value is 0.137. The second-order valence-corrected chi connectivity index (χ2v) is 5.52. The van der Waals surface area contributed by atoms with Crippen LogP contribution in [0, 0.1) is 0 Å². The second kappa shape index (κ2) is 1.82. The minimum atomic E-state index is -0.223. The highest BCUT2D eigenvalue weighted by atomic mass is 28.1. The van der Waals surface area contributed by atoms with Gasteiger partial charge in [-0.2, -0.15) is 0 Å². The molecule has 0 aliphatic heterocycles. The van der Waals surface area contributed by atoms with Crippen LogP contribution in [0.25, 0.3) is 0 Å². The van der Waals surface area contributed by atoms with Crippen LogP contribution in [0.4, 0.5) is 0 Å². The van der Waals surface area contributed by atoms with E-state index < -0.39 is 0 Å². The monoisotopic (exact) mass is 132 g/mol. The van der Waals surface area contributed by atoms with Crippen molar-refractivity contribution in [1.29, 1.82) is 0 Å². The number of hydrogen-bond acceptors (Lipinski definition) is 2. The van der Waals surface area contributed by atoms with Gasteiger partial charge in [0.25, 0.3) is 0 Å². The maximum atomic E-state index is 5.75. The van der Waals surface area contributed by atoms with E-state index >= 15 is 0 Å². The normalized spacial score (nSPS) is 20.6. The molecule has 1 atom stereocenters. The van der Waals surface area contributed by atoms with Gasteiger partial charge in [0.1, 0.15) is 0 Å². The van der Waals surface area contributed by atoms with Crippen LogP contribution in [-0.2, 0) is 0 Å². The van der Waals surface area contributed by atoms with Gasteiger partial charge >= 0.3 is 0 Å². The van der Waals surface area contributed by atoms with Gasteiger partial charge in [0.05, 0.1) is 0 Å². The number of nitrogens with two attached hydrogens (primary N) is 2. The molecule has 2 nitrogen and oxygen atoms in total. The third-order valence-corrected chi connectivity index (χ3v) is 2.95. The molecule has 4 N–H and O–H groups in total. The van der Waals surface area contributed by atoms with Crippen LogP contribution in [0.1, 0.15) is 20.8 Å². The van der Waals surface area contributed by atoms with Crippen LogP contribution < -0.4 is 11.5 Å². The fraction of sp³-hybridized carbons (Fsp3) is 1.00. The Bertz CT molecular complexity index is 65.4. The summed E-state index contributed by atoms with van der Waals surface area (Å²) in [5.74, 6) is 0. The molecule has 50 valence electrons. The van der Waals surface area contributed by atoms with Gasteiger partial charge in [-0.05, 0) is 20.8 Å². The van der Waals surface area contributed by atoms with Crippen molar-refractivity contribution in [2.45, 2.75) is 31.5 Å². The summed E-state index contributed by atoms with van der Waals surface area (Å²) in [5, 5.41) is -0.146. The highest BCUT2D eigenvalue weighted by Crippen LogP contribution is 2.09. The van der Waals surface area contributed by atoms with Gasteiger partial charge in [-0.1, -0.05) is 0 Å². The molecule has 0 heterocycles. The van der Waals surface area contributed by atoms with Crippen LogP contribution in [0.3, 0.4) is 0 Å². The zero-order valence-corrected chi connectivity index (χ0v) is 8.15. The molecule has 0 amide bonds. The average molecular weight is 132 g/mol. The van der Waals surface area contributed by atoms with Gasteiger partial charge in [0, 0.05) is 20.9 Å². The lowest BCUT2D eigenvalue weighted by Crippen LogP contribution is -2.60. The van der Waals surface area contributed by atoms with Gasteiger partial charge in [-0.15, -0.1) is 0 Å². The van der Waals surface area contributed by atoms with E-state index in [1.807, 2.05) is 20.8 Å². The van der Waals surface area contributed by atoms with Gasteiger partial charge in [-0.3, -0.25) is 0 Å². The standard InChI is InChI=1S/C5H16N2Si/c1-4(2,6)5(3,7)8/h6-7H2,1-3,8H3. The summed E-state index contributed by atoms with van der Waals surface area (Å²) in [6, 6.07) is 0. The van der Waals surface area contributed by atoms with Crippen molar-refractivity contribution < 1.29 is 0 Å². The Morgan fingerprint density at radius 1 is 1.12 bits per heavy atom. The summed E-state index contributed by atoms with van der Waals surface area (Å²) in [6.45, 7) is 5.90. The van der Waals surface area contributed by atoms with Crippen molar-refractivity contribution >= 4 is 10.2 Å². The Labute approximate surface area is 54.0 Å². The van der Waals surface area contributed by atoms with Gasteiger partial charge in [0.15, 0.2) is 0 Å². The maximum absolute atomic E-state index is 5.75. The lowest BCUT2D eigenvalue weighted by atomic mass is 9.98. The van der Waals surface area contributed by atoms with Gasteiger partial charge < -0.3 is 11.5 Å². The summed E-state index contributed by atoms with van der Waals surface area (Å²) in [5.41, 5.74) is 11.2. The van der Waals surface area contributed by atoms with Gasteiger partial charge in [0.2, 0.25) is 0 Å². The molecule has 0 rings (SSSR count). The summed E-state index contributed by atoms with van der Waals surface area (Å²) in [6.07, 6.45) is 0. The summed E-state index contributed by atoms with van der Waals surface area (Å²) in [7, 11) is 0.940. The molecule has 8 heavy (non-hydrogen) atoms. The third-order valence-electron chi connectivity index (χ3n) is 1.66. The quantitative estimate of drug-likeness (QED) is 0.439. The maximum Gasteiger partial charge on any atom is 0.0298 e. The van der Waals surface area contributed by atoms with Crippen LogP contribution in [0.15, 0.2) is 0 Å². The first-order valence-corrected chi connectivity index (χ1v) is 3.83. The minimum Gasteiger partial charge on any atom is -0.327 e. The second-order valence-electron chi connectivity index (χ2n) is 3.44. The summed E-state index contributed by atoms with van der Waals surface area (Å²) in [4.78, 5) is 0. The summed E-state index contributed by atoms with van der Waals surface area (Å²) >= 11 is 0. The molecule has 0 aliphatic carbocycles. The molecule has 0 aromatic carbocycles. The summed E-state index contributed by atoms with van der Waals surface area (Å²) < 4.78 is 0. The Morgan fingerprint density at radius 2 is 1.25 bits per heavy atom. The van der Waals surface area contributed by atoms with Crippen molar-refractivity contribution in [3.63, 3.8) is 0 Å². The number of hydrogen-bond donors (Lipinski definition) is 2. The molecule has 0 aromatic rings. The molecule has 0 aromatic heterocycles. The van der Waals surface area contributed by atoms with Crippen molar-refractivity contribution in [2.24, 2.45) is 11.5 Å². The van der Waals surface area contributed by atoms with E-state index in [4.69, 9.17) is 11.5 Å². The highest BCUT2D eigenvalue weighted by molar-refractivity contribution is 6.15. The van der Waals surface area contributed by atoms with E-state index in [0.717, 1.165) is 10.2 Å². The predicted octanol–water partition coefficient (Wildman–Crippen LogP) is -1.24. The van der Waals surface area contributed by atoms with E-state index in [2.05, 4.69) is 0 Å². The molecule has 0 spiro atoms. The van der Waals surface area contributed by atoms with Crippen molar-refractivity contribution in [3.05, 3.63) is 0 Å². The van der Waals surface area contributed by atoms with E-state index in [0.29, 0.717) is 0 Å². The zero-order chi connectivity index (χ0) is 7.00. The lowest BCUT2D eigenvalue weighted by Gasteiger charge is -2.34. The SMILES string of the molecule is CC(C)(N)C(C)(N)[SiH3]. The van der Waals surface area contributed by atoms with Crippen LogP contribution in [0.5, 0.6) is 0 Å². The van der Waals surface area contributed by atoms with E-state index in [-0.39, 0.29) is 10.7 Å². The topological polar surface area (TPSA) is 52.0 Å². The fourth-order valence-electron chi connectivity index (χ4n) is 0. The van der Waals surface area contributed by atoms with Crippen LogP contribution in [-0.4, -0.2) is 20.9 Å². The highest BCUT2D eigenvalue weighted by Gasteiger charge is 2.28. The first kappa shape index (κ1) is 8.14. The fourth-order valence-corrected chi connectivity index (χ4v) is 0. The predicted molar refractivity (Wildman–Crippen MR) is 40.8 cm³/mol. The molecule has 1 unspecified atom stereocenters. The third kappa shape index (κ3) is 1.94. The molecule has 0 aliphatic rings. The molecule has 3 heteroatoms. The van der Waals surface area contributed by atoms with E-state index in [9.17, 15) is 0 Å². The van der Waals surface area contributed by atoms with E-state index in [1.165, 1.54) is 0 Å². The molecule has 0 fully saturated rings. The van der Waals surface area contributed by atoms with Crippen molar-refractivity contribution in [3.8, 4) is 0 Å². The largest absolute Gasteiger partial charge is 0.327 e. The first-order chi connectivity index (χ1) is 3.25. The van der Waals surface area contributed by atoms with Crippen molar-refractivity contribution in [1.82, 2.24) is 0 Å². The van der Waals surface area contributed by atoms with Crippen LogP contribution in [0.2, 0.25) is 0 Å². The van der Waals surface area contributed by atoms with Gasteiger partial charge in [-0.25, -0.2) is 0 Å². The Morgan fingerprint density at radius 3 is 1.25 bits per heavy atom. The molecule has 0 radical (unpaired) electrons. The smallest absolute Gasteiger partial charge is 0.0298 e. The molecule has 0 bridgehead atoms. The first-order valence-electron chi connectivity index (χ1n) is 2.83. The Kier molecular flexibility index (Phi) is 1.86. The minimum absolute atomic E-state index is 0.146. The molecule has 0 saturated heterocycles. The van der Waals surface area contributed by atoms with Crippen LogP contribution >= 0.6 is 0 Å². The Balaban J connectivity index is 4.02. The molecular formula is C5H16N2Si. The molecular weight excluding hydrogens is 116 g/mol. The zero-order valence-electron chi connectivity index (χ0n) is 6.15. The lowest BCUT2D eigenvalue weighted by molar-refractivity contribution is 0.387. The average Bonchev–Trinajstić information content (AvgIpc) is 1.25. The number of rotatable bonds is 1. The molecule has 0 saturated carbocycles.